The molecule has 0 radical (unpaired) electrons. The van der Waals surface area contributed by atoms with Crippen LogP contribution in [0.2, 0.25) is 0 Å². The first-order valence-corrected chi connectivity index (χ1v) is 9.16. The van der Waals surface area contributed by atoms with Gasteiger partial charge in [0, 0.05) is 0 Å². The van der Waals surface area contributed by atoms with Crippen LogP contribution in [0.4, 0.5) is 13.2 Å². The average molecular weight is 424 g/mol. The molecule has 9 heteroatoms. The van der Waals surface area contributed by atoms with E-state index in [0.29, 0.717) is 16.7 Å². The number of hydrogen-bond acceptors (Lipinski definition) is 6. The minimum atomic E-state index is -2.07. The topological polar surface area (TPSA) is 110 Å². The van der Waals surface area contributed by atoms with E-state index in [1.165, 1.54) is 18.2 Å². The average Bonchev–Trinajstić information content (AvgIpc) is 2.82. The Kier molecular flexibility index (Phi) is 4.91. The molecule has 1 heterocycles. The molecule has 0 aromatic heterocycles. The SMILES string of the molecule is Cc1cc(-c2cc(F)c(F)c(F)c2)ccc1[C@@H](O)C1=C2C(O)[C@H](O)C(CO)C2(O)O1. The molecule has 160 valence electrons. The Hall–Kier alpha value is -2.43. The summed E-state index contributed by atoms with van der Waals surface area (Å²) in [5, 5.41) is 50.7. The fourth-order valence-electron chi connectivity index (χ4n) is 4.12. The van der Waals surface area contributed by atoms with Gasteiger partial charge in [-0.15, -0.1) is 0 Å². The first-order chi connectivity index (χ1) is 14.1. The largest absolute Gasteiger partial charge is 0.459 e. The van der Waals surface area contributed by atoms with Crippen LogP contribution in [0.25, 0.3) is 11.1 Å². The van der Waals surface area contributed by atoms with Gasteiger partial charge in [-0.2, -0.15) is 0 Å². The number of halogens is 3. The first-order valence-electron chi connectivity index (χ1n) is 9.16. The van der Waals surface area contributed by atoms with Crippen LogP contribution in [-0.4, -0.2) is 50.1 Å². The number of fused-ring (bicyclic) bond motifs is 1. The highest BCUT2D eigenvalue weighted by Crippen LogP contribution is 2.54. The van der Waals surface area contributed by atoms with Crippen molar-refractivity contribution in [1.29, 1.82) is 0 Å². The lowest BCUT2D eigenvalue weighted by molar-refractivity contribution is -0.234. The highest BCUT2D eigenvalue weighted by atomic mass is 19.2. The summed E-state index contributed by atoms with van der Waals surface area (Å²) in [6.07, 6.45) is -4.39. The first kappa shape index (κ1) is 20.8. The van der Waals surface area contributed by atoms with Gasteiger partial charge in [-0.05, 0) is 41.3 Å². The van der Waals surface area contributed by atoms with E-state index in [1.807, 2.05) is 0 Å². The molecule has 1 aliphatic heterocycles. The molecular weight excluding hydrogens is 405 g/mol. The van der Waals surface area contributed by atoms with E-state index in [1.54, 1.807) is 6.92 Å². The van der Waals surface area contributed by atoms with E-state index in [4.69, 9.17) is 4.74 Å². The van der Waals surface area contributed by atoms with Crippen molar-refractivity contribution in [2.45, 2.75) is 31.0 Å². The maximum Gasteiger partial charge on any atom is 0.244 e. The summed E-state index contributed by atoms with van der Waals surface area (Å²) < 4.78 is 45.5. The van der Waals surface area contributed by atoms with Crippen molar-refractivity contribution in [3.8, 4) is 11.1 Å². The number of aliphatic hydroxyl groups excluding tert-OH is 4. The van der Waals surface area contributed by atoms with Crippen molar-refractivity contribution in [2.75, 3.05) is 6.61 Å². The molecular formula is C21H19F3O6. The van der Waals surface area contributed by atoms with Crippen LogP contribution in [0.15, 0.2) is 41.7 Å². The van der Waals surface area contributed by atoms with Crippen LogP contribution in [0.5, 0.6) is 0 Å². The normalized spacial score (nSPS) is 28.8. The molecule has 2 aliphatic rings. The maximum absolute atomic E-state index is 13.5. The standard InChI is InChI=1S/C21H19F3O6/c1-8-4-9(10-5-13(22)16(24)14(23)6-10)2-3-11(8)17(26)20-15-19(28)18(27)12(7-25)21(15,29)30-20/h2-6,12,17-19,25-29H,7H2,1H3/t12?,17-,18-,19?,21?/m1/s1. The molecule has 2 aromatic carbocycles. The molecule has 4 rings (SSSR count). The van der Waals surface area contributed by atoms with Crippen molar-refractivity contribution in [1.82, 2.24) is 0 Å². The van der Waals surface area contributed by atoms with Gasteiger partial charge in [0.1, 0.15) is 18.0 Å². The van der Waals surface area contributed by atoms with Gasteiger partial charge in [-0.1, -0.05) is 18.2 Å². The molecule has 0 spiro atoms. The van der Waals surface area contributed by atoms with Crippen molar-refractivity contribution in [3.05, 3.63) is 70.2 Å². The van der Waals surface area contributed by atoms with Gasteiger partial charge >= 0.3 is 0 Å². The van der Waals surface area contributed by atoms with Gasteiger partial charge in [-0.25, -0.2) is 13.2 Å². The van der Waals surface area contributed by atoms with E-state index >= 15 is 0 Å². The van der Waals surface area contributed by atoms with Crippen LogP contribution < -0.4 is 0 Å². The van der Waals surface area contributed by atoms with E-state index in [-0.39, 0.29) is 16.9 Å². The number of ether oxygens (including phenoxy) is 1. The second-order valence-electron chi connectivity index (χ2n) is 7.53. The maximum atomic E-state index is 13.5. The van der Waals surface area contributed by atoms with Gasteiger partial charge in [0.25, 0.3) is 0 Å². The molecule has 1 aliphatic carbocycles. The summed E-state index contributed by atoms with van der Waals surface area (Å²) >= 11 is 0. The van der Waals surface area contributed by atoms with Crippen LogP contribution in [0, 0.1) is 30.3 Å². The Morgan fingerprint density at radius 2 is 1.70 bits per heavy atom. The molecule has 0 amide bonds. The molecule has 1 fully saturated rings. The van der Waals surface area contributed by atoms with Crippen molar-refractivity contribution in [3.63, 3.8) is 0 Å². The highest BCUT2D eigenvalue weighted by molar-refractivity contribution is 5.65. The lowest BCUT2D eigenvalue weighted by Gasteiger charge is -2.42. The van der Waals surface area contributed by atoms with E-state index < -0.39 is 54.1 Å². The number of hydrogen-bond donors (Lipinski definition) is 5. The fraction of sp³-hybridized carbons (Fsp3) is 0.333. The molecule has 6 nitrogen and oxygen atoms in total. The van der Waals surface area contributed by atoms with Crippen LogP contribution in [0.3, 0.4) is 0 Å². The molecule has 5 atom stereocenters. The zero-order chi connectivity index (χ0) is 22.0. The quantitative estimate of drug-likeness (QED) is 0.475. The van der Waals surface area contributed by atoms with E-state index in [9.17, 15) is 38.7 Å². The van der Waals surface area contributed by atoms with Gasteiger partial charge in [0.15, 0.2) is 17.5 Å². The van der Waals surface area contributed by atoms with Gasteiger partial charge in [0.2, 0.25) is 5.79 Å². The Morgan fingerprint density at radius 3 is 2.27 bits per heavy atom. The third kappa shape index (κ3) is 2.85. The Labute approximate surface area is 169 Å². The molecule has 3 unspecified atom stereocenters. The zero-order valence-electron chi connectivity index (χ0n) is 15.7. The van der Waals surface area contributed by atoms with Gasteiger partial charge in [0.05, 0.1) is 24.2 Å². The van der Waals surface area contributed by atoms with E-state index in [0.717, 1.165) is 12.1 Å². The Balaban J connectivity index is 1.68. The number of rotatable bonds is 4. The van der Waals surface area contributed by atoms with E-state index in [2.05, 4.69) is 0 Å². The molecule has 2 aromatic rings. The molecule has 0 bridgehead atoms. The number of benzene rings is 2. The molecule has 0 saturated heterocycles. The smallest absolute Gasteiger partial charge is 0.244 e. The van der Waals surface area contributed by atoms with Crippen molar-refractivity contribution < 1.29 is 43.4 Å². The van der Waals surface area contributed by atoms with Gasteiger partial charge in [-0.3, -0.25) is 0 Å². The summed E-state index contributed by atoms with van der Waals surface area (Å²) in [4.78, 5) is 0. The summed E-state index contributed by atoms with van der Waals surface area (Å²) in [6.45, 7) is 0.977. The second-order valence-corrected chi connectivity index (χ2v) is 7.53. The predicted molar refractivity (Wildman–Crippen MR) is 97.1 cm³/mol. The molecule has 5 N–H and O–H groups in total. The Bertz CT molecular complexity index is 1030. The third-order valence-corrected chi connectivity index (χ3v) is 5.78. The predicted octanol–water partition coefficient (Wildman–Crippen LogP) is 1.43. The fourth-order valence-corrected chi connectivity index (χ4v) is 4.12. The van der Waals surface area contributed by atoms with Crippen molar-refractivity contribution in [2.24, 2.45) is 5.92 Å². The summed E-state index contributed by atoms with van der Waals surface area (Å²) in [6, 6.07) is 6.16. The second kappa shape index (κ2) is 7.07. The lowest BCUT2D eigenvalue weighted by Crippen LogP contribution is -2.49. The summed E-state index contributed by atoms with van der Waals surface area (Å²) in [5.74, 6) is -7.59. The number of aryl methyl sites for hydroxylation is 1. The number of aliphatic hydroxyl groups is 5. The minimum Gasteiger partial charge on any atom is -0.459 e. The third-order valence-electron chi connectivity index (χ3n) is 5.78. The summed E-state index contributed by atoms with van der Waals surface area (Å²) in [5.41, 5.74) is 1.19. The van der Waals surface area contributed by atoms with Crippen molar-refractivity contribution >= 4 is 0 Å². The van der Waals surface area contributed by atoms with Crippen LogP contribution in [-0.2, 0) is 4.74 Å². The monoisotopic (exact) mass is 424 g/mol. The van der Waals surface area contributed by atoms with Crippen LogP contribution in [0.1, 0.15) is 17.2 Å². The van der Waals surface area contributed by atoms with Crippen LogP contribution >= 0.6 is 0 Å². The minimum absolute atomic E-state index is 0.104. The zero-order valence-corrected chi connectivity index (χ0v) is 15.7. The Morgan fingerprint density at radius 1 is 1.07 bits per heavy atom. The van der Waals surface area contributed by atoms with Gasteiger partial charge < -0.3 is 30.3 Å². The molecule has 30 heavy (non-hydrogen) atoms. The lowest BCUT2D eigenvalue weighted by atomic mass is 9.89. The molecule has 1 saturated carbocycles. The highest BCUT2D eigenvalue weighted by Gasteiger charge is 2.65. The summed E-state index contributed by atoms with van der Waals surface area (Å²) in [7, 11) is 0.